The number of aromatic nitrogens is 12. The van der Waals surface area contributed by atoms with Crippen molar-refractivity contribution in [2.75, 3.05) is 0 Å². The Bertz CT molecular complexity index is 378. The van der Waals surface area contributed by atoms with Crippen LogP contribution in [0.2, 0.25) is 0 Å². The SMILES string of the molecule is [Cl-].[Cl-].[Zr+2].[Zr+2].[c-]1nn[nH]p1.[c-]1nn[nH]p1.[c-]1nn[nH]p1.[c-]1nn[nH]p1. The van der Waals surface area contributed by atoms with Crippen molar-refractivity contribution < 1.29 is 77.2 Å². The van der Waals surface area contributed by atoms with E-state index in [0.717, 1.165) is 33.4 Å². The van der Waals surface area contributed by atoms with Gasteiger partial charge in [-0.1, -0.05) is 0 Å². The van der Waals surface area contributed by atoms with Crippen molar-refractivity contribution >= 4 is 33.4 Å². The van der Waals surface area contributed by atoms with Gasteiger partial charge in [-0.3, -0.25) is 43.2 Å². The topological polar surface area (TPSA) is 166 Å². The molecule has 0 fully saturated rings. The molecule has 4 rings (SSSR count). The van der Waals surface area contributed by atoms with Crippen molar-refractivity contribution in [2.45, 2.75) is 0 Å². The summed E-state index contributed by atoms with van der Waals surface area (Å²) in [6.07, 6.45) is 0. The molecule has 0 saturated heterocycles. The molecular weight excluding hydrogens is 593 g/mol. The molecule has 4 aromatic rings. The normalized spacial score (nSPS) is 8.00. The van der Waals surface area contributed by atoms with Crippen LogP contribution in [0.25, 0.3) is 0 Å². The fourth-order valence-electron chi connectivity index (χ4n) is 0.447. The fourth-order valence-corrected chi connectivity index (χ4v) is 1.34. The van der Waals surface area contributed by atoms with Gasteiger partial charge in [-0.2, -0.15) is 33.4 Å². The molecule has 0 aliphatic heterocycles. The van der Waals surface area contributed by atoms with Gasteiger partial charge in [-0.25, -0.2) is 0 Å². The smallest absolute Gasteiger partial charge is 1.00 e. The van der Waals surface area contributed by atoms with Crippen molar-refractivity contribution in [3.05, 3.63) is 23.7 Å². The summed E-state index contributed by atoms with van der Waals surface area (Å²) in [7, 11) is 3.43. The average molecular weight is 597 g/mol. The van der Waals surface area contributed by atoms with E-state index in [9.17, 15) is 0 Å². The van der Waals surface area contributed by atoms with Crippen LogP contribution in [0.4, 0.5) is 0 Å². The largest absolute Gasteiger partial charge is 2.00 e. The molecule has 0 aliphatic rings. The van der Waals surface area contributed by atoms with Crippen molar-refractivity contribution in [3.63, 3.8) is 0 Å². The van der Waals surface area contributed by atoms with Gasteiger partial charge >= 0.3 is 52.4 Å². The first-order valence-electron chi connectivity index (χ1n) is 4.38. The van der Waals surface area contributed by atoms with Crippen LogP contribution in [0.5, 0.6) is 0 Å². The number of halogens is 2. The van der Waals surface area contributed by atoms with Gasteiger partial charge in [0.25, 0.3) is 0 Å². The summed E-state index contributed by atoms with van der Waals surface area (Å²) in [6.45, 7) is 0. The summed E-state index contributed by atoms with van der Waals surface area (Å²) in [4.78, 5) is 10.2. The molecule has 4 aromatic heterocycles. The van der Waals surface area contributed by atoms with Crippen LogP contribution >= 0.6 is 33.4 Å². The van der Waals surface area contributed by atoms with E-state index in [2.05, 4.69) is 84.4 Å². The molecule has 0 unspecified atom stereocenters. The van der Waals surface area contributed by atoms with Crippen LogP contribution in [-0.2, 0) is 52.4 Å². The first kappa shape index (κ1) is 32.3. The van der Waals surface area contributed by atoms with Gasteiger partial charge in [0.15, 0.2) is 0 Å². The van der Waals surface area contributed by atoms with Gasteiger partial charge in [0.2, 0.25) is 0 Å². The molecule has 0 aromatic carbocycles. The zero-order valence-electron chi connectivity index (χ0n) is 11.1. The minimum Gasteiger partial charge on any atom is -1.00 e. The second kappa shape index (κ2) is 28.4. The summed E-state index contributed by atoms with van der Waals surface area (Å²) in [5, 5.41) is 26.7. The first-order valence-corrected chi connectivity index (χ1v) is 7.96. The molecule has 0 radical (unpaired) electrons. The monoisotopic (exact) mass is 594 g/mol. The van der Waals surface area contributed by atoms with E-state index in [1.807, 2.05) is 0 Å². The van der Waals surface area contributed by atoms with Crippen LogP contribution in [0.1, 0.15) is 0 Å². The zero-order chi connectivity index (χ0) is 14.1. The zero-order valence-corrected chi connectivity index (χ0v) is 21.1. The number of H-pyrrole nitrogens is 4. The third-order valence-electron chi connectivity index (χ3n) is 0.958. The van der Waals surface area contributed by atoms with E-state index in [-0.39, 0.29) is 77.2 Å². The number of nitrogens with zero attached hydrogens (tertiary/aromatic N) is 8. The van der Waals surface area contributed by atoms with E-state index in [1.54, 1.807) is 0 Å². The molecule has 20 heteroatoms. The van der Waals surface area contributed by atoms with Crippen LogP contribution < -0.4 is 24.8 Å². The van der Waals surface area contributed by atoms with E-state index >= 15 is 0 Å². The van der Waals surface area contributed by atoms with Crippen LogP contribution in [0.15, 0.2) is 0 Å². The molecule has 4 heterocycles. The predicted molar refractivity (Wildman–Crippen MR) is 70.9 cm³/mol. The van der Waals surface area contributed by atoms with Crippen molar-refractivity contribution in [2.24, 2.45) is 0 Å². The standard InChI is InChI=1S/4CHN3P.2ClH.2Zr/c4*1-2-3-4-5-1;;;;/h4*(H,2,3,4);2*1H;;/q4*-1;;;2*+2/p-2. The number of hydrogen-bond donors (Lipinski definition) is 4. The summed E-state index contributed by atoms with van der Waals surface area (Å²) in [6, 6.07) is 0. The maximum atomic E-state index is 3.33. The molecule has 12 nitrogen and oxygen atoms in total. The third-order valence-corrected chi connectivity index (χ3v) is 2.47. The first-order chi connectivity index (χ1) is 10.0. The molecule has 0 spiro atoms. The van der Waals surface area contributed by atoms with Gasteiger partial charge in [0.05, 0.1) is 0 Å². The Labute approximate surface area is 193 Å². The summed E-state index contributed by atoms with van der Waals surface area (Å²) in [5.74, 6) is 10.2. The third kappa shape index (κ3) is 24.9. The van der Waals surface area contributed by atoms with Gasteiger partial charge in [-0.15, -0.1) is 20.9 Å². The fraction of sp³-hybridized carbons (Fsp3) is 0. The van der Waals surface area contributed by atoms with Crippen LogP contribution in [-0.4, -0.2) is 60.7 Å². The van der Waals surface area contributed by atoms with Crippen molar-refractivity contribution in [1.82, 2.24) is 60.7 Å². The minimum atomic E-state index is 0. The number of hydrogen-bond acceptors (Lipinski definition) is 8. The number of rotatable bonds is 0. The van der Waals surface area contributed by atoms with E-state index < -0.39 is 0 Å². The second-order valence-electron chi connectivity index (χ2n) is 2.05. The van der Waals surface area contributed by atoms with E-state index in [1.165, 1.54) is 0 Å². The molecule has 0 aliphatic carbocycles. The maximum absolute atomic E-state index is 3.33. The summed E-state index contributed by atoms with van der Waals surface area (Å²) >= 11 is 0. The number of aromatic amines is 4. The van der Waals surface area contributed by atoms with Gasteiger partial charge in [0.1, 0.15) is 0 Å². The second-order valence-corrected chi connectivity index (χ2v) is 4.54. The molecule has 0 atom stereocenters. The van der Waals surface area contributed by atoms with Crippen LogP contribution in [0.3, 0.4) is 0 Å². The van der Waals surface area contributed by atoms with E-state index in [4.69, 9.17) is 0 Å². The molecule has 0 amide bonds. The average Bonchev–Trinajstić information content (AvgIpc) is 3.40. The summed E-state index contributed by atoms with van der Waals surface area (Å²) < 4.78 is 0. The summed E-state index contributed by atoms with van der Waals surface area (Å²) in [5.41, 5.74) is 0. The Morgan fingerprint density at radius 2 is 0.667 bits per heavy atom. The molecule has 0 bridgehead atoms. The van der Waals surface area contributed by atoms with E-state index in [0.29, 0.717) is 0 Å². The molecular formula is C4H4Cl2N12P4Zr2-2. The molecule has 4 N–H and O–H groups in total. The predicted octanol–water partition coefficient (Wildman–Crippen LogP) is -5.26. The van der Waals surface area contributed by atoms with Gasteiger partial charge in [0, 0.05) is 0 Å². The maximum Gasteiger partial charge on any atom is 2.00 e. The Balaban J connectivity index is -0.000000105. The van der Waals surface area contributed by atoms with Crippen molar-refractivity contribution in [3.8, 4) is 0 Å². The van der Waals surface area contributed by atoms with Crippen LogP contribution in [0, 0.1) is 23.7 Å². The Kier molecular flexibility index (Phi) is 38.3. The molecule has 124 valence electrons. The van der Waals surface area contributed by atoms with Gasteiger partial charge in [-0.05, 0) is 0 Å². The minimum absolute atomic E-state index is 0. The Hall–Kier alpha value is 0.626. The quantitative estimate of drug-likeness (QED) is 0.146. The Morgan fingerprint density at radius 1 is 0.458 bits per heavy atom. The van der Waals surface area contributed by atoms with Crippen molar-refractivity contribution in [1.29, 1.82) is 0 Å². The molecule has 0 saturated carbocycles. The number of nitrogens with one attached hydrogen (secondary N) is 4. The Morgan fingerprint density at radius 3 is 0.708 bits per heavy atom. The molecule has 24 heavy (non-hydrogen) atoms. The van der Waals surface area contributed by atoms with Gasteiger partial charge < -0.3 is 45.2 Å².